The zero-order valence-electron chi connectivity index (χ0n) is 14.9. The molecule has 3 atom stereocenters. The van der Waals surface area contributed by atoms with Gasteiger partial charge in [-0.2, -0.15) is 0 Å². The number of piperidine rings is 1. The third kappa shape index (κ3) is 3.08. The lowest BCUT2D eigenvalue weighted by Gasteiger charge is -2.47. The molecule has 0 radical (unpaired) electrons. The molecule has 4 rings (SSSR count). The molecule has 5 nitrogen and oxygen atoms in total. The van der Waals surface area contributed by atoms with Gasteiger partial charge in [-0.15, -0.1) is 10.2 Å². The highest BCUT2D eigenvalue weighted by molar-refractivity contribution is 5.95. The maximum absolute atomic E-state index is 13.2. The van der Waals surface area contributed by atoms with Crippen LogP contribution in [0.2, 0.25) is 0 Å². The summed E-state index contributed by atoms with van der Waals surface area (Å²) >= 11 is 0. The number of likely N-dealkylation sites (tertiary alicyclic amines) is 1. The summed E-state index contributed by atoms with van der Waals surface area (Å²) < 4.78 is 5.50. The van der Waals surface area contributed by atoms with Gasteiger partial charge in [0.25, 0.3) is 5.91 Å². The molecule has 0 unspecified atom stereocenters. The van der Waals surface area contributed by atoms with E-state index in [0.29, 0.717) is 29.3 Å². The fourth-order valence-electron chi connectivity index (χ4n) is 4.53. The van der Waals surface area contributed by atoms with E-state index in [0.717, 1.165) is 30.9 Å². The Kier molecular flexibility index (Phi) is 4.32. The van der Waals surface area contributed by atoms with Crippen LogP contribution < -0.4 is 0 Å². The highest BCUT2D eigenvalue weighted by Gasteiger charge is 2.39. The van der Waals surface area contributed by atoms with Gasteiger partial charge in [-0.25, -0.2) is 0 Å². The number of benzene rings is 1. The van der Waals surface area contributed by atoms with E-state index in [9.17, 15) is 4.79 Å². The first-order chi connectivity index (χ1) is 12.1. The van der Waals surface area contributed by atoms with E-state index in [4.69, 9.17) is 4.42 Å². The van der Waals surface area contributed by atoms with Crippen LogP contribution in [0.4, 0.5) is 0 Å². The molecule has 1 saturated carbocycles. The van der Waals surface area contributed by atoms with Crippen molar-refractivity contribution in [1.82, 2.24) is 15.1 Å². The predicted octanol–water partition coefficient (Wildman–Crippen LogP) is 4.09. The SMILES string of the molecule is Cc1nnc(-c2cccc(C(=O)N3CC[C@H](C)[C@@H]4CCCC[C@H]43)c2)o1. The number of carbonyl (C=O) groups is 1. The van der Waals surface area contributed by atoms with Gasteiger partial charge >= 0.3 is 0 Å². The Labute approximate surface area is 148 Å². The molecular formula is C20H25N3O2. The summed E-state index contributed by atoms with van der Waals surface area (Å²) in [6, 6.07) is 7.98. The van der Waals surface area contributed by atoms with Gasteiger partial charge in [-0.3, -0.25) is 4.79 Å². The third-order valence-electron chi connectivity index (χ3n) is 5.88. The molecule has 5 heteroatoms. The maximum atomic E-state index is 13.2. The molecule has 132 valence electrons. The maximum Gasteiger partial charge on any atom is 0.254 e. The first kappa shape index (κ1) is 16.3. The number of hydrogen-bond acceptors (Lipinski definition) is 4. The van der Waals surface area contributed by atoms with Crippen LogP contribution in [0.1, 0.15) is 55.3 Å². The fraction of sp³-hybridized carbons (Fsp3) is 0.550. The van der Waals surface area contributed by atoms with Crippen LogP contribution in [0.3, 0.4) is 0 Å². The molecule has 0 spiro atoms. The summed E-state index contributed by atoms with van der Waals surface area (Å²) in [5, 5.41) is 7.94. The van der Waals surface area contributed by atoms with Crippen LogP contribution in [0.15, 0.2) is 28.7 Å². The van der Waals surface area contributed by atoms with E-state index < -0.39 is 0 Å². The molecule has 1 aromatic heterocycles. The van der Waals surface area contributed by atoms with Crippen molar-refractivity contribution in [2.24, 2.45) is 11.8 Å². The predicted molar refractivity (Wildman–Crippen MR) is 95.0 cm³/mol. The first-order valence-corrected chi connectivity index (χ1v) is 9.35. The summed E-state index contributed by atoms with van der Waals surface area (Å²) in [4.78, 5) is 15.3. The molecule has 1 aliphatic heterocycles. The van der Waals surface area contributed by atoms with Gasteiger partial charge in [0, 0.05) is 30.6 Å². The molecule has 2 aliphatic rings. The van der Waals surface area contributed by atoms with Crippen molar-refractivity contribution in [2.45, 2.75) is 52.0 Å². The Balaban J connectivity index is 1.60. The smallest absolute Gasteiger partial charge is 0.254 e. The molecule has 0 bridgehead atoms. The normalized spacial score (nSPS) is 26.3. The summed E-state index contributed by atoms with van der Waals surface area (Å²) in [6.45, 7) is 4.98. The lowest BCUT2D eigenvalue weighted by molar-refractivity contribution is 0.0218. The van der Waals surface area contributed by atoms with E-state index in [1.807, 2.05) is 24.3 Å². The highest BCUT2D eigenvalue weighted by atomic mass is 16.4. The Morgan fingerprint density at radius 1 is 1.20 bits per heavy atom. The van der Waals surface area contributed by atoms with Crippen LogP contribution in [-0.2, 0) is 0 Å². The molecule has 2 fully saturated rings. The van der Waals surface area contributed by atoms with Crippen LogP contribution >= 0.6 is 0 Å². The second-order valence-electron chi connectivity index (χ2n) is 7.49. The van der Waals surface area contributed by atoms with Gasteiger partial charge in [0.15, 0.2) is 0 Å². The molecule has 1 saturated heterocycles. The number of rotatable bonds is 2. The Morgan fingerprint density at radius 3 is 2.84 bits per heavy atom. The van der Waals surface area contributed by atoms with Gasteiger partial charge in [-0.05, 0) is 49.3 Å². The van der Waals surface area contributed by atoms with Crippen molar-refractivity contribution in [2.75, 3.05) is 6.54 Å². The number of nitrogens with zero attached hydrogens (tertiary/aromatic N) is 3. The summed E-state index contributed by atoms with van der Waals surface area (Å²) in [6.07, 6.45) is 6.05. The molecule has 1 aromatic carbocycles. The van der Waals surface area contributed by atoms with Gasteiger partial charge in [-0.1, -0.05) is 25.8 Å². The average Bonchev–Trinajstić information content (AvgIpc) is 3.08. The van der Waals surface area contributed by atoms with Crippen LogP contribution in [-0.4, -0.2) is 33.6 Å². The largest absolute Gasteiger partial charge is 0.421 e. The molecule has 25 heavy (non-hydrogen) atoms. The average molecular weight is 339 g/mol. The second-order valence-corrected chi connectivity index (χ2v) is 7.49. The van der Waals surface area contributed by atoms with Crippen molar-refractivity contribution in [3.8, 4) is 11.5 Å². The summed E-state index contributed by atoms with van der Waals surface area (Å²) in [5.41, 5.74) is 1.52. The summed E-state index contributed by atoms with van der Waals surface area (Å²) in [5.74, 6) is 2.52. The molecule has 2 heterocycles. The van der Waals surface area contributed by atoms with E-state index in [1.54, 1.807) is 6.92 Å². The van der Waals surface area contributed by atoms with E-state index in [2.05, 4.69) is 22.0 Å². The standard InChI is InChI=1S/C20H25N3O2/c1-13-10-11-23(18-9-4-3-8-17(13)18)20(24)16-7-5-6-15(12-16)19-22-21-14(2)25-19/h5-7,12-13,17-18H,3-4,8-11H2,1-2H3/t13-,17-,18+/m0/s1. The Morgan fingerprint density at radius 2 is 2.04 bits per heavy atom. The molecule has 2 aromatic rings. The fourth-order valence-corrected chi connectivity index (χ4v) is 4.53. The van der Waals surface area contributed by atoms with Crippen LogP contribution in [0.25, 0.3) is 11.5 Å². The van der Waals surface area contributed by atoms with Gasteiger partial charge < -0.3 is 9.32 Å². The van der Waals surface area contributed by atoms with Gasteiger partial charge in [0.2, 0.25) is 11.8 Å². The van der Waals surface area contributed by atoms with Crippen molar-refractivity contribution in [1.29, 1.82) is 0 Å². The zero-order chi connectivity index (χ0) is 17.4. The van der Waals surface area contributed by atoms with Gasteiger partial charge in [0.1, 0.15) is 0 Å². The van der Waals surface area contributed by atoms with Crippen LogP contribution in [0, 0.1) is 18.8 Å². The van der Waals surface area contributed by atoms with Crippen molar-refractivity contribution >= 4 is 5.91 Å². The topological polar surface area (TPSA) is 59.2 Å². The number of aryl methyl sites for hydroxylation is 1. The minimum Gasteiger partial charge on any atom is -0.421 e. The lowest BCUT2D eigenvalue weighted by Crippen LogP contribution is -2.52. The zero-order valence-corrected chi connectivity index (χ0v) is 14.9. The summed E-state index contributed by atoms with van der Waals surface area (Å²) in [7, 11) is 0. The van der Waals surface area contributed by atoms with Crippen LogP contribution in [0.5, 0.6) is 0 Å². The monoisotopic (exact) mass is 339 g/mol. The third-order valence-corrected chi connectivity index (χ3v) is 5.88. The first-order valence-electron chi connectivity index (χ1n) is 9.35. The lowest BCUT2D eigenvalue weighted by atomic mass is 9.72. The molecular weight excluding hydrogens is 314 g/mol. The minimum absolute atomic E-state index is 0.141. The number of amides is 1. The van der Waals surface area contributed by atoms with Gasteiger partial charge in [0.05, 0.1) is 0 Å². The number of aromatic nitrogens is 2. The van der Waals surface area contributed by atoms with E-state index in [-0.39, 0.29) is 5.91 Å². The highest BCUT2D eigenvalue weighted by Crippen LogP contribution is 2.39. The Bertz CT molecular complexity index is 770. The molecule has 1 aliphatic carbocycles. The Hall–Kier alpha value is -2.17. The molecule has 1 amide bonds. The van der Waals surface area contributed by atoms with E-state index in [1.165, 1.54) is 19.3 Å². The minimum atomic E-state index is 0.141. The quantitative estimate of drug-likeness (QED) is 0.827. The molecule has 0 N–H and O–H groups in total. The van der Waals surface area contributed by atoms with Crippen molar-refractivity contribution in [3.63, 3.8) is 0 Å². The number of fused-ring (bicyclic) bond motifs is 1. The van der Waals surface area contributed by atoms with Crippen molar-refractivity contribution < 1.29 is 9.21 Å². The van der Waals surface area contributed by atoms with E-state index >= 15 is 0 Å². The number of hydrogen-bond donors (Lipinski definition) is 0. The van der Waals surface area contributed by atoms with Crippen molar-refractivity contribution in [3.05, 3.63) is 35.7 Å². The second kappa shape index (κ2) is 6.62. The number of carbonyl (C=O) groups excluding carboxylic acids is 1.